The van der Waals surface area contributed by atoms with E-state index in [1.165, 1.54) is 11.3 Å². The molecule has 1 fully saturated rings. The highest BCUT2D eigenvalue weighted by Crippen LogP contribution is 2.21. The molecule has 4 heterocycles. The van der Waals surface area contributed by atoms with Crippen molar-refractivity contribution in [3.63, 3.8) is 0 Å². The molecule has 10 nitrogen and oxygen atoms in total. The fourth-order valence-corrected chi connectivity index (χ4v) is 4.20. The summed E-state index contributed by atoms with van der Waals surface area (Å²) in [6.07, 6.45) is 1.56. The Balaban J connectivity index is 1.63. The van der Waals surface area contributed by atoms with Crippen LogP contribution in [0.1, 0.15) is 0 Å². The van der Waals surface area contributed by atoms with Gasteiger partial charge in [0.25, 0.3) is 0 Å². The molecule has 1 saturated heterocycles. The first kappa shape index (κ1) is 22.2. The number of hydrogen-bond acceptors (Lipinski definition) is 8. The van der Waals surface area contributed by atoms with E-state index in [1.807, 2.05) is 22.1 Å². The van der Waals surface area contributed by atoms with Crippen LogP contribution in [0.25, 0.3) is 11.4 Å². The van der Waals surface area contributed by atoms with E-state index in [4.69, 9.17) is 16.3 Å². The number of rotatable bonds is 6. The fraction of sp³-hybridized carbons (Fsp3) is 0.350. The number of aromatic nitrogens is 4. The summed E-state index contributed by atoms with van der Waals surface area (Å²) in [5.41, 5.74) is 1.59. The van der Waals surface area contributed by atoms with Gasteiger partial charge in [-0.15, -0.1) is 21.5 Å². The van der Waals surface area contributed by atoms with E-state index in [0.717, 1.165) is 35.1 Å². The molecule has 2 amide bonds. The third-order valence-electron chi connectivity index (χ3n) is 4.82. The van der Waals surface area contributed by atoms with Crippen LogP contribution in [0.15, 0.2) is 40.8 Å². The van der Waals surface area contributed by atoms with E-state index in [1.54, 1.807) is 25.4 Å². The number of ether oxygens (including phenoxy) is 1. The van der Waals surface area contributed by atoms with E-state index in [-0.39, 0.29) is 6.03 Å². The van der Waals surface area contributed by atoms with Crippen LogP contribution in [0.2, 0.25) is 5.02 Å². The number of thiazole rings is 1. The van der Waals surface area contributed by atoms with Crippen LogP contribution >= 0.6 is 22.9 Å². The van der Waals surface area contributed by atoms with Gasteiger partial charge in [0.15, 0.2) is 16.4 Å². The van der Waals surface area contributed by atoms with Gasteiger partial charge in [-0.05, 0) is 24.3 Å². The summed E-state index contributed by atoms with van der Waals surface area (Å²) in [4.78, 5) is 23.4. The van der Waals surface area contributed by atoms with Crippen molar-refractivity contribution < 1.29 is 9.53 Å². The van der Waals surface area contributed by atoms with Crippen molar-refractivity contribution >= 4 is 40.6 Å². The maximum Gasteiger partial charge on any atom is 0.314 e. The van der Waals surface area contributed by atoms with E-state index in [0.29, 0.717) is 37.1 Å². The molecular weight excluding hydrogens is 452 g/mol. The van der Waals surface area contributed by atoms with Gasteiger partial charge < -0.3 is 24.8 Å². The average Bonchev–Trinajstić information content (AvgIpc) is 3.23. The molecule has 1 aliphatic heterocycles. The molecule has 0 saturated carbocycles. The van der Waals surface area contributed by atoms with Gasteiger partial charge in [-0.3, -0.25) is 0 Å². The van der Waals surface area contributed by atoms with E-state index in [9.17, 15) is 4.79 Å². The molecule has 168 valence electrons. The van der Waals surface area contributed by atoms with Gasteiger partial charge in [0.2, 0.25) is 0 Å². The molecule has 0 aromatic carbocycles. The zero-order valence-electron chi connectivity index (χ0n) is 17.5. The first-order valence-electron chi connectivity index (χ1n) is 10.1. The number of pyridine rings is 1. The lowest BCUT2D eigenvalue weighted by atomic mass is 10.3. The lowest BCUT2D eigenvalue weighted by molar-refractivity contribution is 0.122. The minimum Gasteiger partial charge on any atom is -0.378 e. The number of hydrogen-bond donors (Lipinski definition) is 2. The maximum absolute atomic E-state index is 11.6. The molecule has 12 heteroatoms. The minimum absolute atomic E-state index is 0.241. The molecule has 4 rings (SSSR count). The van der Waals surface area contributed by atoms with Gasteiger partial charge >= 0.3 is 6.03 Å². The smallest absolute Gasteiger partial charge is 0.314 e. The monoisotopic (exact) mass is 474 g/mol. The first-order chi connectivity index (χ1) is 15.6. The summed E-state index contributed by atoms with van der Waals surface area (Å²) in [6, 6.07) is 7.18. The Bertz CT molecular complexity index is 1110. The minimum atomic E-state index is -0.241. The highest BCUT2D eigenvalue weighted by molar-refractivity contribution is 7.07. The van der Waals surface area contributed by atoms with Crippen molar-refractivity contribution in [1.82, 2.24) is 30.4 Å². The second-order valence-corrected chi connectivity index (χ2v) is 8.16. The maximum atomic E-state index is 11.6. The Morgan fingerprint density at radius 3 is 2.78 bits per heavy atom. The molecule has 2 N–H and O–H groups in total. The molecule has 3 aromatic rings. The summed E-state index contributed by atoms with van der Waals surface area (Å²) in [5, 5.41) is 16.8. The Hall–Kier alpha value is -3.02. The molecule has 1 aliphatic rings. The Morgan fingerprint density at radius 1 is 1.25 bits per heavy atom. The molecular formula is C20H23ClN8O2S. The number of carbonyl (C=O) groups excluding carboxylic acids is 1. The highest BCUT2D eigenvalue weighted by Gasteiger charge is 2.15. The molecule has 0 spiro atoms. The van der Waals surface area contributed by atoms with Gasteiger partial charge in [-0.25, -0.2) is 14.8 Å². The van der Waals surface area contributed by atoms with Crippen LogP contribution in [0.5, 0.6) is 0 Å². The van der Waals surface area contributed by atoms with Gasteiger partial charge in [-0.2, -0.15) is 0 Å². The van der Waals surface area contributed by atoms with Crippen molar-refractivity contribution in [2.75, 3.05) is 44.8 Å². The lowest BCUT2D eigenvalue weighted by Crippen LogP contribution is -2.36. The summed E-state index contributed by atoms with van der Waals surface area (Å²) in [6.45, 7) is 3.91. The van der Waals surface area contributed by atoms with Crippen molar-refractivity contribution in [2.45, 2.75) is 6.54 Å². The van der Waals surface area contributed by atoms with Crippen LogP contribution in [0.4, 0.5) is 16.4 Å². The van der Waals surface area contributed by atoms with Crippen molar-refractivity contribution in [1.29, 1.82) is 0 Å². The summed E-state index contributed by atoms with van der Waals surface area (Å²) in [7, 11) is 1.58. The number of amides is 2. The third-order valence-corrected chi connectivity index (χ3v) is 5.90. The largest absolute Gasteiger partial charge is 0.378 e. The molecule has 0 atom stereocenters. The number of nitrogens with one attached hydrogen (secondary N) is 2. The third kappa shape index (κ3) is 5.42. The van der Waals surface area contributed by atoms with Gasteiger partial charge in [0, 0.05) is 44.8 Å². The molecule has 0 radical (unpaired) electrons. The second kappa shape index (κ2) is 10.5. The number of urea groups is 1. The molecule has 0 unspecified atom stereocenters. The van der Waals surface area contributed by atoms with Gasteiger partial charge in [0.05, 0.1) is 23.9 Å². The Labute approximate surface area is 193 Å². The first-order valence-corrected chi connectivity index (χ1v) is 11.4. The average molecular weight is 475 g/mol. The zero-order chi connectivity index (χ0) is 22.3. The van der Waals surface area contributed by atoms with Gasteiger partial charge in [0.1, 0.15) is 5.69 Å². The summed E-state index contributed by atoms with van der Waals surface area (Å²) in [5.74, 6) is 1.37. The number of nitrogens with zero attached hydrogens (tertiary/aromatic N) is 6. The van der Waals surface area contributed by atoms with Crippen LogP contribution < -0.4 is 20.3 Å². The molecule has 3 aromatic heterocycles. The summed E-state index contributed by atoms with van der Waals surface area (Å²) >= 11 is 7.40. The highest BCUT2D eigenvalue weighted by atomic mass is 35.5. The molecule has 32 heavy (non-hydrogen) atoms. The number of carbonyl (C=O) groups is 1. The number of halogens is 1. The second-order valence-electron chi connectivity index (χ2n) is 6.88. The van der Waals surface area contributed by atoms with Crippen molar-refractivity contribution in [3.05, 3.63) is 45.7 Å². The predicted octanol–water partition coefficient (Wildman–Crippen LogP) is 2.05. The normalized spacial score (nSPS) is 14.4. The SMILES string of the molecule is CNC(=O)NCCn1c(-c2ccc(N3CCOCC3)nn2)csc1=Nc1ccc(Cl)cn1. The summed E-state index contributed by atoms with van der Waals surface area (Å²) < 4.78 is 7.40. The Kier molecular flexibility index (Phi) is 7.30. The van der Waals surface area contributed by atoms with E-state index >= 15 is 0 Å². The van der Waals surface area contributed by atoms with Crippen LogP contribution in [0, 0.1) is 0 Å². The molecule has 0 bridgehead atoms. The lowest BCUT2D eigenvalue weighted by Gasteiger charge is -2.27. The van der Waals surface area contributed by atoms with E-state index < -0.39 is 0 Å². The zero-order valence-corrected chi connectivity index (χ0v) is 19.1. The van der Waals surface area contributed by atoms with Crippen LogP contribution in [0.3, 0.4) is 0 Å². The number of morpholine rings is 1. The van der Waals surface area contributed by atoms with Crippen molar-refractivity contribution in [2.24, 2.45) is 4.99 Å². The van der Waals surface area contributed by atoms with Crippen LogP contribution in [-0.2, 0) is 11.3 Å². The number of anilines is 1. The van der Waals surface area contributed by atoms with Crippen LogP contribution in [-0.4, -0.2) is 65.7 Å². The fourth-order valence-electron chi connectivity index (χ4n) is 3.16. The van der Waals surface area contributed by atoms with E-state index in [2.05, 4.69) is 35.7 Å². The molecule has 0 aliphatic carbocycles. The quantitative estimate of drug-likeness (QED) is 0.566. The Morgan fingerprint density at radius 2 is 2.09 bits per heavy atom. The predicted molar refractivity (Wildman–Crippen MR) is 123 cm³/mol. The van der Waals surface area contributed by atoms with Gasteiger partial charge in [-0.1, -0.05) is 11.6 Å². The standard InChI is InChI=1S/C20H23ClN8O2S/c1-22-19(30)23-6-7-29-16(13-32-20(29)25-17-4-2-14(21)12-24-17)15-3-5-18(27-26-15)28-8-10-31-11-9-28/h2-5,12-13H,6-11H2,1H3,(H2,22,23,30). The topological polar surface area (TPSA) is 110 Å². The van der Waals surface area contributed by atoms with Crippen molar-refractivity contribution in [3.8, 4) is 11.4 Å².